The van der Waals surface area contributed by atoms with Crippen molar-refractivity contribution in [3.63, 3.8) is 0 Å². The van der Waals surface area contributed by atoms with Crippen LogP contribution in [0, 0.1) is 11.8 Å². The van der Waals surface area contributed by atoms with E-state index in [1.807, 2.05) is 13.8 Å². The van der Waals surface area contributed by atoms with Gasteiger partial charge < -0.3 is 25.2 Å². The molecule has 4 N–H and O–H groups in total. The summed E-state index contributed by atoms with van der Waals surface area (Å²) >= 11 is 0. The van der Waals surface area contributed by atoms with Crippen molar-refractivity contribution in [3.05, 3.63) is 41.5 Å². The Morgan fingerprint density at radius 3 is 2.38 bits per heavy atom. The zero-order valence-corrected chi connectivity index (χ0v) is 16.8. The Bertz CT molecular complexity index is 812. The van der Waals surface area contributed by atoms with Crippen LogP contribution in [0.15, 0.2) is 30.4 Å². The largest absolute Gasteiger partial charge is 0.507 e. The number of benzene rings is 1. The molecule has 0 bridgehead atoms. The van der Waals surface area contributed by atoms with Gasteiger partial charge in [0.25, 0.3) is 0 Å². The maximum atomic E-state index is 12.8. The maximum Gasteiger partial charge on any atom is 0.186 e. The molecular weight excluding hydrogens is 376 g/mol. The molecule has 1 aromatic carbocycles. The number of ketones is 2. The van der Waals surface area contributed by atoms with Gasteiger partial charge in [-0.2, -0.15) is 0 Å². The van der Waals surface area contributed by atoms with Gasteiger partial charge in [-0.3, -0.25) is 9.59 Å². The second-order valence-electron chi connectivity index (χ2n) is 7.46. The molecule has 0 saturated carbocycles. The molecular formula is C22H28O7. The smallest absolute Gasteiger partial charge is 0.186 e. The van der Waals surface area contributed by atoms with Gasteiger partial charge in [-0.1, -0.05) is 32.1 Å². The average Bonchev–Trinajstić information content (AvgIpc) is 2.71. The van der Waals surface area contributed by atoms with Gasteiger partial charge in [-0.15, -0.1) is 0 Å². The second kappa shape index (κ2) is 9.82. The summed E-state index contributed by atoms with van der Waals surface area (Å²) in [6.45, 7) is 3.82. The van der Waals surface area contributed by atoms with Crippen molar-refractivity contribution in [2.24, 2.45) is 11.8 Å². The number of Topliss-reactive ketones (excluding diaryl/α,β-unsaturated/α-hetero) is 1. The van der Waals surface area contributed by atoms with Gasteiger partial charge in [0, 0.05) is 12.5 Å². The number of methoxy groups -OCH3 is 1. The summed E-state index contributed by atoms with van der Waals surface area (Å²) in [4.78, 5) is 24.9. The lowest BCUT2D eigenvalue weighted by Gasteiger charge is -2.19. The molecule has 0 spiro atoms. The number of fused-ring (bicyclic) bond motifs is 1. The number of allylic oxidation sites excluding steroid dienone is 1. The number of aliphatic hydroxyl groups is 3. The fourth-order valence-corrected chi connectivity index (χ4v) is 3.13. The third kappa shape index (κ3) is 5.53. The molecule has 1 aliphatic carbocycles. The van der Waals surface area contributed by atoms with E-state index in [4.69, 9.17) is 4.74 Å². The Hall–Kier alpha value is -2.48. The van der Waals surface area contributed by atoms with E-state index < -0.39 is 24.1 Å². The third-order valence-corrected chi connectivity index (χ3v) is 5.36. The summed E-state index contributed by atoms with van der Waals surface area (Å²) in [5.41, 5.74) is 0.387. The molecule has 2 rings (SSSR count). The van der Waals surface area contributed by atoms with Gasteiger partial charge >= 0.3 is 0 Å². The predicted octanol–water partition coefficient (Wildman–Crippen LogP) is 1.87. The number of phenols is 1. The summed E-state index contributed by atoms with van der Waals surface area (Å²) < 4.78 is 5.12. The van der Waals surface area contributed by atoms with Gasteiger partial charge in [-0.25, -0.2) is 0 Å². The molecule has 0 aliphatic heterocycles. The number of ether oxygens (including phenoxy) is 1. The summed E-state index contributed by atoms with van der Waals surface area (Å²) in [5, 5.41) is 40.7. The molecule has 7 nitrogen and oxygen atoms in total. The highest BCUT2D eigenvalue weighted by Crippen LogP contribution is 2.31. The predicted molar refractivity (Wildman–Crippen MR) is 108 cm³/mol. The van der Waals surface area contributed by atoms with Gasteiger partial charge in [0.1, 0.15) is 29.8 Å². The lowest BCUT2D eigenvalue weighted by atomic mass is 9.88. The first-order valence-electron chi connectivity index (χ1n) is 9.54. The normalized spacial score (nSPS) is 31.3. The quantitative estimate of drug-likeness (QED) is 0.563. The van der Waals surface area contributed by atoms with E-state index in [9.17, 15) is 30.0 Å². The minimum atomic E-state index is -1.79. The number of hydrogen-bond donors (Lipinski definition) is 4. The van der Waals surface area contributed by atoms with Gasteiger partial charge in [-0.05, 0) is 36.0 Å². The van der Waals surface area contributed by atoms with Crippen LogP contribution in [0.3, 0.4) is 0 Å². The highest BCUT2D eigenvalue weighted by atomic mass is 16.5. The number of aromatic hydroxyl groups is 1. The molecule has 0 radical (unpaired) electrons. The van der Waals surface area contributed by atoms with Crippen molar-refractivity contribution in [2.75, 3.05) is 7.11 Å². The number of carbonyl (C=O) groups is 2. The Balaban J connectivity index is 2.51. The molecule has 2 unspecified atom stereocenters. The van der Waals surface area contributed by atoms with E-state index in [0.717, 1.165) is 6.08 Å². The van der Waals surface area contributed by atoms with Crippen molar-refractivity contribution in [2.45, 2.75) is 45.0 Å². The monoisotopic (exact) mass is 404 g/mol. The number of hydrogen-bond acceptors (Lipinski definition) is 7. The first-order chi connectivity index (χ1) is 13.6. The zero-order chi connectivity index (χ0) is 21.7. The molecule has 29 heavy (non-hydrogen) atoms. The van der Waals surface area contributed by atoms with Crippen molar-refractivity contribution in [1.82, 2.24) is 0 Å². The van der Waals surface area contributed by atoms with E-state index >= 15 is 0 Å². The summed E-state index contributed by atoms with van der Waals surface area (Å²) in [7, 11) is 1.41. The minimum absolute atomic E-state index is 0.0557. The Morgan fingerprint density at radius 2 is 1.72 bits per heavy atom. The zero-order valence-electron chi connectivity index (χ0n) is 16.8. The highest BCUT2D eigenvalue weighted by Gasteiger charge is 2.28. The molecule has 0 saturated heterocycles. The summed E-state index contributed by atoms with van der Waals surface area (Å²) in [6.07, 6.45) is 0.911. The molecule has 0 amide bonds. The molecule has 1 aromatic rings. The van der Waals surface area contributed by atoms with Crippen LogP contribution in [0.2, 0.25) is 0 Å². The third-order valence-electron chi connectivity index (χ3n) is 5.36. The molecule has 7 heteroatoms. The lowest BCUT2D eigenvalue weighted by molar-refractivity contribution is -0.131. The van der Waals surface area contributed by atoms with E-state index in [1.165, 1.54) is 31.4 Å². The molecule has 0 heterocycles. The minimum Gasteiger partial charge on any atom is -0.507 e. The van der Waals surface area contributed by atoms with Crippen LogP contribution in [-0.4, -0.2) is 57.4 Å². The van der Waals surface area contributed by atoms with Crippen molar-refractivity contribution in [3.8, 4) is 11.5 Å². The van der Waals surface area contributed by atoms with Gasteiger partial charge in [0.05, 0.1) is 12.7 Å². The van der Waals surface area contributed by atoms with Gasteiger partial charge in [0.2, 0.25) is 0 Å². The molecule has 1 aliphatic rings. The number of rotatable bonds is 1. The fourth-order valence-electron chi connectivity index (χ4n) is 3.13. The average molecular weight is 404 g/mol. The number of phenolic OH excluding ortho intramolecular Hbond substituents is 1. The van der Waals surface area contributed by atoms with E-state index in [2.05, 4.69) is 0 Å². The Morgan fingerprint density at radius 1 is 1.03 bits per heavy atom. The first-order valence-corrected chi connectivity index (χ1v) is 9.54. The van der Waals surface area contributed by atoms with Gasteiger partial charge in [0.15, 0.2) is 11.6 Å². The van der Waals surface area contributed by atoms with Crippen LogP contribution < -0.4 is 4.74 Å². The van der Waals surface area contributed by atoms with Crippen LogP contribution in [0.1, 0.15) is 42.6 Å². The van der Waals surface area contributed by atoms with Crippen molar-refractivity contribution < 1.29 is 34.8 Å². The maximum absolute atomic E-state index is 12.8. The topological polar surface area (TPSA) is 124 Å². The number of carbonyl (C=O) groups excluding carboxylic acids is 2. The van der Waals surface area contributed by atoms with E-state index in [-0.39, 0.29) is 35.4 Å². The van der Waals surface area contributed by atoms with Crippen LogP contribution in [0.4, 0.5) is 0 Å². The van der Waals surface area contributed by atoms with Crippen molar-refractivity contribution >= 4 is 17.6 Å². The molecule has 5 atom stereocenters. The Labute approximate surface area is 169 Å². The van der Waals surface area contributed by atoms with E-state index in [0.29, 0.717) is 17.7 Å². The molecule has 158 valence electrons. The van der Waals surface area contributed by atoms with Crippen LogP contribution in [0.25, 0.3) is 6.08 Å². The summed E-state index contributed by atoms with van der Waals surface area (Å²) in [5.74, 6) is -0.922. The fraction of sp³-hybridized carbons (Fsp3) is 0.455. The van der Waals surface area contributed by atoms with Crippen LogP contribution in [0.5, 0.6) is 11.5 Å². The van der Waals surface area contributed by atoms with E-state index in [1.54, 1.807) is 6.08 Å². The SMILES string of the molecule is COc1cc(O)c2c(c1)/C=C/C(O)[C@H](O)C(O)C(=O)/C=C\[C@@H](C)[C@H](C)CCC2=O. The first kappa shape index (κ1) is 22.8. The summed E-state index contributed by atoms with van der Waals surface area (Å²) in [6, 6.07) is 2.86. The highest BCUT2D eigenvalue weighted by molar-refractivity contribution is 6.02. The second-order valence-corrected chi connectivity index (χ2v) is 7.46. The van der Waals surface area contributed by atoms with Crippen molar-refractivity contribution in [1.29, 1.82) is 0 Å². The number of aliphatic hydroxyl groups excluding tert-OH is 3. The lowest BCUT2D eigenvalue weighted by Crippen LogP contribution is -2.40. The van der Waals surface area contributed by atoms with Crippen LogP contribution >= 0.6 is 0 Å². The Kier molecular flexibility index (Phi) is 7.73. The van der Waals surface area contributed by atoms with Crippen LogP contribution in [-0.2, 0) is 4.79 Å². The molecule has 0 aromatic heterocycles. The standard InChI is InChI=1S/C22H28O7/c1-12-4-7-16(23)20-14(10-15(29-3)11-19(20)26)6-9-18(25)22(28)21(27)17(24)8-5-13(12)2/h5-6,8-13,18,21-22,25-28H,4,7H2,1-3H3/b8-5-,9-6+/t12-,13-,18?,21?,22+/m1/s1. The molecule has 0 fully saturated rings.